The Morgan fingerprint density at radius 2 is 1.81 bits per heavy atom. The molecule has 3 rings (SSSR count). The zero-order valence-corrected chi connectivity index (χ0v) is 17.3. The Hall–Kier alpha value is -2.27. The van der Waals surface area contributed by atoms with Crippen molar-refractivity contribution in [2.75, 3.05) is 5.32 Å². The fraction of sp³-hybridized carbons (Fsp3) is 0. The Labute approximate surface area is 179 Å². The van der Waals surface area contributed by atoms with E-state index >= 15 is 0 Å². The number of nitrogens with zero attached hydrogens (tertiary/aromatic N) is 1. The summed E-state index contributed by atoms with van der Waals surface area (Å²) in [5.74, 6) is 0.423. The molecule has 0 radical (unpaired) electrons. The van der Waals surface area contributed by atoms with Crippen LogP contribution in [0.25, 0.3) is 17.4 Å². The number of rotatable bonds is 4. The minimum Gasteiger partial charge on any atom is -0.457 e. The third-order valence-electron chi connectivity index (χ3n) is 3.58. The van der Waals surface area contributed by atoms with E-state index in [9.17, 15) is 10.1 Å². The molecule has 0 saturated carbocycles. The van der Waals surface area contributed by atoms with Gasteiger partial charge in [0, 0.05) is 20.9 Å². The molecule has 1 N–H and O–H groups in total. The average molecular weight is 509 g/mol. The molecular weight excluding hydrogens is 498 g/mol. The van der Waals surface area contributed by atoms with Crippen LogP contribution in [0.5, 0.6) is 0 Å². The second-order valence-corrected chi connectivity index (χ2v) is 7.52. The van der Waals surface area contributed by atoms with Gasteiger partial charge >= 0.3 is 0 Å². The Morgan fingerprint density at radius 3 is 2.48 bits per heavy atom. The number of nitrogens with one attached hydrogen (secondary N) is 1. The van der Waals surface area contributed by atoms with Gasteiger partial charge in [-0.25, -0.2) is 0 Å². The lowest BCUT2D eigenvalue weighted by Gasteiger charge is -2.04. The number of carbonyl (C=O) groups excluding carboxylic acids is 1. The first kappa shape index (κ1) is 19.5. The molecule has 2 aromatic carbocycles. The van der Waals surface area contributed by atoms with Crippen molar-refractivity contribution in [1.82, 2.24) is 0 Å². The van der Waals surface area contributed by atoms with Gasteiger partial charge in [-0.05, 0) is 77.2 Å². The fourth-order valence-corrected chi connectivity index (χ4v) is 2.92. The summed E-state index contributed by atoms with van der Waals surface area (Å²) in [5.41, 5.74) is 1.28. The minimum atomic E-state index is -0.508. The summed E-state index contributed by atoms with van der Waals surface area (Å²) in [4.78, 5) is 12.3. The lowest BCUT2D eigenvalue weighted by molar-refractivity contribution is -0.112. The van der Waals surface area contributed by atoms with Crippen molar-refractivity contribution < 1.29 is 9.21 Å². The molecule has 1 amide bonds. The predicted octanol–water partition coefficient (Wildman–Crippen LogP) is 6.40. The summed E-state index contributed by atoms with van der Waals surface area (Å²) >= 11 is 14.1. The number of anilines is 1. The molecule has 0 atom stereocenters. The lowest BCUT2D eigenvalue weighted by Crippen LogP contribution is -2.13. The number of furan rings is 1. The Bertz CT molecular complexity index is 1070. The van der Waals surface area contributed by atoms with Gasteiger partial charge in [0.2, 0.25) is 0 Å². The van der Waals surface area contributed by atoms with Crippen molar-refractivity contribution in [3.05, 3.63) is 79.5 Å². The van der Waals surface area contributed by atoms with Gasteiger partial charge in [-0.2, -0.15) is 5.26 Å². The van der Waals surface area contributed by atoms with E-state index in [4.69, 9.17) is 27.6 Å². The van der Waals surface area contributed by atoms with E-state index in [1.54, 1.807) is 42.5 Å². The van der Waals surface area contributed by atoms with Crippen LogP contribution in [0.3, 0.4) is 0 Å². The van der Waals surface area contributed by atoms with E-state index in [1.807, 2.05) is 18.2 Å². The summed E-state index contributed by atoms with van der Waals surface area (Å²) in [6, 6.07) is 17.7. The number of halogens is 3. The lowest BCUT2D eigenvalue weighted by atomic mass is 10.2. The highest BCUT2D eigenvalue weighted by atomic mass is 127. The van der Waals surface area contributed by atoms with E-state index in [-0.39, 0.29) is 5.57 Å². The van der Waals surface area contributed by atoms with Crippen LogP contribution in [0.15, 0.2) is 64.6 Å². The van der Waals surface area contributed by atoms with Gasteiger partial charge in [0.05, 0.1) is 10.0 Å². The molecule has 0 aliphatic rings. The SMILES string of the molecule is N#C/C(=C/c1ccc(-c2ccc(Cl)c(Cl)c2)o1)C(=O)Nc1ccc(I)cc1. The number of nitriles is 1. The van der Waals surface area contributed by atoms with E-state index in [0.29, 0.717) is 27.3 Å². The van der Waals surface area contributed by atoms with Crippen molar-refractivity contribution in [1.29, 1.82) is 5.26 Å². The normalized spacial score (nSPS) is 11.1. The Balaban J connectivity index is 1.80. The molecule has 27 heavy (non-hydrogen) atoms. The monoisotopic (exact) mass is 508 g/mol. The van der Waals surface area contributed by atoms with Crippen molar-refractivity contribution in [2.45, 2.75) is 0 Å². The molecule has 134 valence electrons. The summed E-state index contributed by atoms with van der Waals surface area (Å²) in [7, 11) is 0. The molecule has 0 aliphatic carbocycles. The number of amides is 1. The standard InChI is InChI=1S/C20H11Cl2IN2O2/c21-17-7-1-12(10-18(17)22)19-8-6-16(27-19)9-13(11-24)20(26)25-15-4-2-14(23)3-5-15/h1-10H,(H,25,26)/b13-9-. The van der Waals surface area contributed by atoms with Crippen LogP contribution in [0.1, 0.15) is 5.76 Å². The molecule has 0 bridgehead atoms. The molecule has 0 fully saturated rings. The van der Waals surface area contributed by atoms with E-state index in [2.05, 4.69) is 27.9 Å². The molecule has 0 saturated heterocycles. The molecule has 0 unspecified atom stereocenters. The van der Waals surface area contributed by atoms with Crippen molar-refractivity contribution in [3.63, 3.8) is 0 Å². The third-order valence-corrected chi connectivity index (χ3v) is 5.04. The van der Waals surface area contributed by atoms with Crippen molar-refractivity contribution in [3.8, 4) is 17.4 Å². The quantitative estimate of drug-likeness (QED) is 0.252. The topological polar surface area (TPSA) is 66.0 Å². The zero-order chi connectivity index (χ0) is 19.4. The van der Waals surface area contributed by atoms with Gasteiger partial charge in [0.1, 0.15) is 23.2 Å². The first-order valence-corrected chi connectivity index (χ1v) is 9.54. The predicted molar refractivity (Wildman–Crippen MR) is 116 cm³/mol. The number of carbonyl (C=O) groups is 1. The highest BCUT2D eigenvalue weighted by molar-refractivity contribution is 14.1. The van der Waals surface area contributed by atoms with Gasteiger partial charge in [-0.3, -0.25) is 4.79 Å². The van der Waals surface area contributed by atoms with Crippen molar-refractivity contribution >= 4 is 63.5 Å². The molecule has 4 nitrogen and oxygen atoms in total. The zero-order valence-electron chi connectivity index (χ0n) is 13.7. The molecule has 1 heterocycles. The van der Waals surface area contributed by atoms with Gasteiger partial charge in [0.15, 0.2) is 0 Å². The van der Waals surface area contributed by atoms with Gasteiger partial charge in [-0.1, -0.05) is 23.2 Å². The molecule has 7 heteroatoms. The van der Waals surface area contributed by atoms with Crippen LogP contribution in [0, 0.1) is 14.9 Å². The Morgan fingerprint density at radius 1 is 1.07 bits per heavy atom. The second kappa shape index (κ2) is 8.61. The van der Waals surface area contributed by atoms with Crippen LogP contribution < -0.4 is 5.32 Å². The van der Waals surface area contributed by atoms with Gasteiger partial charge < -0.3 is 9.73 Å². The molecule has 3 aromatic rings. The Kier molecular flexibility index (Phi) is 6.22. The summed E-state index contributed by atoms with van der Waals surface area (Å²) < 4.78 is 6.75. The van der Waals surface area contributed by atoms with Crippen LogP contribution in [-0.2, 0) is 4.79 Å². The smallest absolute Gasteiger partial charge is 0.266 e. The summed E-state index contributed by atoms with van der Waals surface area (Å²) in [6.45, 7) is 0. The molecule has 0 spiro atoms. The van der Waals surface area contributed by atoms with Crippen LogP contribution >= 0.6 is 45.8 Å². The highest BCUT2D eigenvalue weighted by Gasteiger charge is 2.12. The van der Waals surface area contributed by atoms with Crippen molar-refractivity contribution in [2.24, 2.45) is 0 Å². The largest absolute Gasteiger partial charge is 0.457 e. The van der Waals surface area contributed by atoms with Crippen LogP contribution in [0.4, 0.5) is 5.69 Å². The number of benzene rings is 2. The third kappa shape index (κ3) is 4.92. The molecule has 1 aromatic heterocycles. The first-order chi connectivity index (χ1) is 13.0. The minimum absolute atomic E-state index is 0.0661. The van der Waals surface area contributed by atoms with E-state index < -0.39 is 5.91 Å². The van der Waals surface area contributed by atoms with Gasteiger partial charge in [0.25, 0.3) is 5.91 Å². The number of hydrogen-bond donors (Lipinski definition) is 1. The van der Waals surface area contributed by atoms with E-state index in [1.165, 1.54) is 6.08 Å². The summed E-state index contributed by atoms with van der Waals surface area (Å²) in [6.07, 6.45) is 1.39. The second-order valence-electron chi connectivity index (χ2n) is 5.46. The first-order valence-electron chi connectivity index (χ1n) is 7.70. The van der Waals surface area contributed by atoms with Crippen LogP contribution in [0.2, 0.25) is 10.0 Å². The average Bonchev–Trinajstić information content (AvgIpc) is 3.12. The molecule has 0 aliphatic heterocycles. The highest BCUT2D eigenvalue weighted by Crippen LogP contribution is 2.30. The molecular formula is C20H11Cl2IN2O2. The fourth-order valence-electron chi connectivity index (χ4n) is 2.26. The maximum absolute atomic E-state index is 12.3. The number of hydrogen-bond acceptors (Lipinski definition) is 3. The maximum Gasteiger partial charge on any atom is 0.266 e. The maximum atomic E-state index is 12.3. The summed E-state index contributed by atoms with van der Waals surface area (Å²) in [5, 5.41) is 12.9. The van der Waals surface area contributed by atoms with Gasteiger partial charge in [-0.15, -0.1) is 0 Å². The van der Waals surface area contributed by atoms with E-state index in [0.717, 1.165) is 9.13 Å². The van der Waals surface area contributed by atoms with Crippen LogP contribution in [-0.4, -0.2) is 5.91 Å².